The third-order valence-corrected chi connectivity index (χ3v) is 2.74. The topological polar surface area (TPSA) is 64.2 Å². The molecule has 1 rings (SSSR count). The molecule has 6 heteroatoms. The summed E-state index contributed by atoms with van der Waals surface area (Å²) in [6.07, 6.45) is 6.79. The zero-order chi connectivity index (χ0) is 13.7. The lowest BCUT2D eigenvalue weighted by molar-refractivity contribution is 0.0951. The van der Waals surface area contributed by atoms with Crippen molar-refractivity contribution in [2.45, 2.75) is 19.0 Å². The summed E-state index contributed by atoms with van der Waals surface area (Å²) in [5.74, 6) is 2.10. The summed E-state index contributed by atoms with van der Waals surface area (Å²) < 4.78 is 1.57. The summed E-state index contributed by atoms with van der Waals surface area (Å²) in [4.78, 5) is 14.1. The summed E-state index contributed by atoms with van der Waals surface area (Å²) in [6, 6.07) is -0.734. The molecule has 0 aliphatic rings. The molecule has 0 radical (unpaired) electrons. The van der Waals surface area contributed by atoms with E-state index in [1.54, 1.807) is 4.68 Å². The fourth-order valence-corrected chi connectivity index (χ4v) is 1.70. The summed E-state index contributed by atoms with van der Waals surface area (Å²) in [5, 5.41) is 4.39. The van der Waals surface area contributed by atoms with Gasteiger partial charge in [0.15, 0.2) is 5.78 Å². The van der Waals surface area contributed by atoms with Crippen LogP contribution in [0.4, 0.5) is 0 Å². The number of halogens is 1. The Balaban J connectivity index is 2.90. The van der Waals surface area contributed by atoms with Gasteiger partial charge >= 0.3 is 0 Å². The van der Waals surface area contributed by atoms with E-state index < -0.39 is 6.04 Å². The van der Waals surface area contributed by atoms with E-state index in [1.807, 2.05) is 19.0 Å². The molecular formula is C12H17ClN4O. The molecule has 1 heterocycles. The highest BCUT2D eigenvalue weighted by molar-refractivity contribution is 6.33. The first-order valence-electron chi connectivity index (χ1n) is 5.56. The first kappa shape index (κ1) is 14.7. The van der Waals surface area contributed by atoms with Crippen LogP contribution in [0.2, 0.25) is 5.02 Å². The number of nitrogens with two attached hydrogens (primary N) is 1. The average Bonchev–Trinajstić information content (AvgIpc) is 2.67. The Kier molecular flexibility index (Phi) is 5.35. The number of Topliss-reactive ketones (excluding diaryl/α,β-unsaturated/α-hetero) is 1. The van der Waals surface area contributed by atoms with E-state index in [2.05, 4.69) is 11.0 Å². The van der Waals surface area contributed by atoms with Crippen molar-refractivity contribution in [3.63, 3.8) is 0 Å². The standard InChI is InChI=1S/C12H17ClN4O/c1-4-5-10(14)12(18)11-9(13)8-15-17(11)7-6-16(2)3/h1,8,10H,5-7,14H2,2-3H3. The van der Waals surface area contributed by atoms with Gasteiger partial charge in [0.1, 0.15) is 5.69 Å². The lowest BCUT2D eigenvalue weighted by Gasteiger charge is -2.13. The second-order valence-corrected chi connectivity index (χ2v) is 4.65. The summed E-state index contributed by atoms with van der Waals surface area (Å²) in [7, 11) is 3.88. The normalized spacial score (nSPS) is 12.4. The van der Waals surface area contributed by atoms with E-state index in [-0.39, 0.29) is 12.2 Å². The summed E-state index contributed by atoms with van der Waals surface area (Å²) >= 11 is 5.97. The zero-order valence-electron chi connectivity index (χ0n) is 10.6. The van der Waals surface area contributed by atoms with E-state index in [1.165, 1.54) is 6.20 Å². The van der Waals surface area contributed by atoms with Crippen LogP contribution in [-0.4, -0.2) is 47.1 Å². The molecule has 1 atom stereocenters. The maximum Gasteiger partial charge on any atom is 0.199 e. The van der Waals surface area contributed by atoms with Gasteiger partial charge in [0.2, 0.25) is 0 Å². The van der Waals surface area contributed by atoms with E-state index in [9.17, 15) is 4.79 Å². The van der Waals surface area contributed by atoms with Gasteiger partial charge in [-0.15, -0.1) is 12.3 Å². The van der Waals surface area contributed by atoms with Crippen molar-refractivity contribution in [2.24, 2.45) is 5.73 Å². The number of nitrogens with zero attached hydrogens (tertiary/aromatic N) is 3. The minimum Gasteiger partial charge on any atom is -0.320 e. The number of hydrogen-bond acceptors (Lipinski definition) is 4. The maximum absolute atomic E-state index is 12.1. The molecule has 0 fully saturated rings. The predicted octanol–water partition coefficient (Wildman–Crippen LogP) is 0.631. The summed E-state index contributed by atoms with van der Waals surface area (Å²) in [6.45, 7) is 1.33. The van der Waals surface area contributed by atoms with E-state index >= 15 is 0 Å². The van der Waals surface area contributed by atoms with Crippen LogP contribution in [0, 0.1) is 12.3 Å². The highest BCUT2D eigenvalue weighted by Gasteiger charge is 2.22. The number of carbonyl (C=O) groups excluding carboxylic acids is 1. The van der Waals surface area contributed by atoms with Gasteiger partial charge in [-0.3, -0.25) is 9.48 Å². The van der Waals surface area contributed by atoms with Gasteiger partial charge in [0, 0.05) is 13.0 Å². The number of aromatic nitrogens is 2. The zero-order valence-corrected chi connectivity index (χ0v) is 11.3. The van der Waals surface area contributed by atoms with Crippen molar-refractivity contribution >= 4 is 17.4 Å². The van der Waals surface area contributed by atoms with E-state index in [0.29, 0.717) is 17.3 Å². The van der Waals surface area contributed by atoms with Crippen molar-refractivity contribution < 1.29 is 4.79 Å². The fourth-order valence-electron chi connectivity index (χ4n) is 1.47. The second-order valence-electron chi connectivity index (χ2n) is 4.25. The first-order valence-corrected chi connectivity index (χ1v) is 5.94. The molecule has 98 valence electrons. The van der Waals surface area contributed by atoms with Gasteiger partial charge in [-0.1, -0.05) is 11.6 Å². The molecule has 2 N–H and O–H groups in total. The third-order valence-electron chi connectivity index (χ3n) is 2.46. The van der Waals surface area contributed by atoms with Crippen molar-refractivity contribution in [1.82, 2.24) is 14.7 Å². The molecule has 0 aromatic carbocycles. The molecule has 0 aliphatic heterocycles. The minimum atomic E-state index is -0.734. The number of terminal acetylenes is 1. The molecule has 5 nitrogen and oxygen atoms in total. The predicted molar refractivity (Wildman–Crippen MR) is 71.5 cm³/mol. The van der Waals surface area contributed by atoms with Gasteiger partial charge in [-0.05, 0) is 14.1 Å². The smallest absolute Gasteiger partial charge is 0.199 e. The molecule has 0 bridgehead atoms. The second kappa shape index (κ2) is 6.55. The van der Waals surface area contributed by atoms with E-state index in [4.69, 9.17) is 23.8 Å². The van der Waals surface area contributed by atoms with Crippen molar-refractivity contribution in [1.29, 1.82) is 0 Å². The Hall–Kier alpha value is -1.35. The molecular weight excluding hydrogens is 252 g/mol. The van der Waals surface area contributed by atoms with Crippen molar-refractivity contribution in [3.05, 3.63) is 16.9 Å². The average molecular weight is 269 g/mol. The van der Waals surface area contributed by atoms with Gasteiger partial charge in [0.05, 0.1) is 23.8 Å². The molecule has 18 heavy (non-hydrogen) atoms. The van der Waals surface area contributed by atoms with Gasteiger partial charge in [0.25, 0.3) is 0 Å². The van der Waals surface area contributed by atoms with Crippen LogP contribution in [0.15, 0.2) is 6.20 Å². The number of carbonyl (C=O) groups is 1. The van der Waals surface area contributed by atoms with Crippen molar-refractivity contribution in [2.75, 3.05) is 20.6 Å². The molecule has 1 unspecified atom stereocenters. The monoisotopic (exact) mass is 268 g/mol. The lowest BCUT2D eigenvalue weighted by Crippen LogP contribution is -2.32. The summed E-state index contributed by atoms with van der Waals surface area (Å²) in [5.41, 5.74) is 6.04. The Morgan fingerprint density at radius 2 is 2.39 bits per heavy atom. The minimum absolute atomic E-state index is 0.189. The third kappa shape index (κ3) is 3.57. The SMILES string of the molecule is C#CCC(N)C(=O)c1c(Cl)cnn1CCN(C)C. The molecule has 0 spiro atoms. The molecule has 0 saturated carbocycles. The van der Waals surface area contributed by atoms with Crippen LogP contribution >= 0.6 is 11.6 Å². The molecule has 0 aliphatic carbocycles. The van der Waals surface area contributed by atoms with Crippen LogP contribution < -0.4 is 5.73 Å². The Morgan fingerprint density at radius 1 is 1.72 bits per heavy atom. The van der Waals surface area contributed by atoms with Crippen LogP contribution in [-0.2, 0) is 6.54 Å². The first-order chi connectivity index (χ1) is 8.47. The number of hydrogen-bond donors (Lipinski definition) is 1. The van der Waals surface area contributed by atoms with Crippen molar-refractivity contribution in [3.8, 4) is 12.3 Å². The van der Waals surface area contributed by atoms with Crippen LogP contribution in [0.1, 0.15) is 16.9 Å². The molecule has 0 amide bonds. The number of likely N-dealkylation sites (N-methyl/N-ethyl adjacent to an activating group) is 1. The maximum atomic E-state index is 12.1. The van der Waals surface area contributed by atoms with E-state index in [0.717, 1.165) is 6.54 Å². The van der Waals surface area contributed by atoms with Gasteiger partial charge in [-0.2, -0.15) is 5.10 Å². The lowest BCUT2D eigenvalue weighted by atomic mass is 10.1. The highest BCUT2D eigenvalue weighted by Crippen LogP contribution is 2.17. The molecule has 0 saturated heterocycles. The number of ketones is 1. The quantitative estimate of drug-likeness (QED) is 0.607. The van der Waals surface area contributed by atoms with Gasteiger partial charge < -0.3 is 10.6 Å². The Bertz CT molecular complexity index is 461. The highest BCUT2D eigenvalue weighted by atomic mass is 35.5. The number of rotatable bonds is 6. The molecule has 1 aromatic heterocycles. The Morgan fingerprint density at radius 3 is 2.94 bits per heavy atom. The van der Waals surface area contributed by atoms with Gasteiger partial charge in [-0.25, -0.2) is 0 Å². The van der Waals surface area contributed by atoms with Crippen LogP contribution in [0.5, 0.6) is 0 Å². The van der Waals surface area contributed by atoms with Crippen LogP contribution in [0.25, 0.3) is 0 Å². The fraction of sp³-hybridized carbons (Fsp3) is 0.500. The largest absolute Gasteiger partial charge is 0.320 e. The Labute approximate surface area is 112 Å². The molecule has 1 aromatic rings. The van der Waals surface area contributed by atoms with Crippen LogP contribution in [0.3, 0.4) is 0 Å².